The van der Waals surface area contributed by atoms with Gasteiger partial charge in [-0.2, -0.15) is 0 Å². The van der Waals surface area contributed by atoms with Gasteiger partial charge >= 0.3 is 0 Å². The highest BCUT2D eigenvalue weighted by Gasteiger charge is 2.47. The third-order valence-corrected chi connectivity index (χ3v) is 5.48. The van der Waals surface area contributed by atoms with Gasteiger partial charge in [-0.25, -0.2) is 0 Å². The van der Waals surface area contributed by atoms with Crippen molar-refractivity contribution < 1.29 is 4.74 Å². The van der Waals surface area contributed by atoms with E-state index in [2.05, 4.69) is 43.0 Å². The smallest absolute Gasteiger partial charge is 0.123 e. The summed E-state index contributed by atoms with van der Waals surface area (Å²) in [5.41, 5.74) is 1.51. The first-order valence-corrected chi connectivity index (χ1v) is 9.26. The van der Waals surface area contributed by atoms with Crippen LogP contribution in [-0.4, -0.2) is 30.1 Å². The number of halogens is 1. The topological polar surface area (TPSA) is 12.5 Å². The lowest BCUT2D eigenvalue weighted by Crippen LogP contribution is -2.50. The highest BCUT2D eigenvalue weighted by Crippen LogP contribution is 2.46. The maximum absolute atomic E-state index is 6.58. The molecule has 0 saturated heterocycles. The monoisotopic (exact) mass is 337 g/mol. The SMILES string of the molecule is CCCN(CCC)CC1CCCC[C@@]12Cc1ccccc1O2.Cl. The molecule has 1 aliphatic heterocycles. The summed E-state index contributed by atoms with van der Waals surface area (Å²) < 4.78 is 6.58. The van der Waals surface area contributed by atoms with Gasteiger partial charge in [-0.05, 0) is 56.8 Å². The molecular formula is C20H32ClNO. The molecule has 1 aromatic carbocycles. The molecule has 1 spiro atoms. The number of nitrogens with zero attached hydrogens (tertiary/aromatic N) is 1. The molecule has 1 aromatic rings. The molecule has 0 aromatic heterocycles. The summed E-state index contributed by atoms with van der Waals surface area (Å²) in [4.78, 5) is 2.67. The van der Waals surface area contributed by atoms with Crippen LogP contribution in [0.3, 0.4) is 0 Å². The lowest BCUT2D eigenvalue weighted by Gasteiger charge is -2.43. The summed E-state index contributed by atoms with van der Waals surface area (Å²) in [5, 5.41) is 0. The third kappa shape index (κ3) is 4.03. The van der Waals surface area contributed by atoms with Crippen LogP contribution >= 0.6 is 12.4 Å². The molecule has 0 bridgehead atoms. The average Bonchev–Trinajstić information content (AvgIpc) is 2.89. The summed E-state index contributed by atoms with van der Waals surface area (Å²) in [7, 11) is 0. The standard InChI is InChI=1S/C20H31NO.ClH/c1-3-13-21(14-4-2)16-18-10-7-8-12-20(18)15-17-9-5-6-11-19(17)22-20;/h5-6,9,11,18H,3-4,7-8,10,12-16H2,1-2H3;1H/t18?,20-;/m1./s1. The molecule has 1 saturated carbocycles. The van der Waals surface area contributed by atoms with E-state index < -0.39 is 0 Å². The van der Waals surface area contributed by atoms with Gasteiger partial charge in [-0.15, -0.1) is 12.4 Å². The van der Waals surface area contributed by atoms with Crippen molar-refractivity contribution in [3.63, 3.8) is 0 Å². The Bertz CT molecular complexity index is 459. The van der Waals surface area contributed by atoms with E-state index in [0.717, 1.165) is 12.2 Å². The van der Waals surface area contributed by atoms with Crippen molar-refractivity contribution in [1.82, 2.24) is 4.90 Å². The maximum atomic E-state index is 6.58. The van der Waals surface area contributed by atoms with Crippen LogP contribution in [0.1, 0.15) is 57.9 Å². The van der Waals surface area contributed by atoms with E-state index >= 15 is 0 Å². The number of rotatable bonds is 6. The largest absolute Gasteiger partial charge is 0.486 e. The van der Waals surface area contributed by atoms with Gasteiger partial charge in [0.25, 0.3) is 0 Å². The van der Waals surface area contributed by atoms with Crippen LogP contribution in [0, 0.1) is 5.92 Å². The Morgan fingerprint density at radius 1 is 1.13 bits per heavy atom. The second-order valence-corrected chi connectivity index (χ2v) is 7.19. The van der Waals surface area contributed by atoms with E-state index in [1.54, 1.807) is 0 Å². The van der Waals surface area contributed by atoms with E-state index in [1.165, 1.54) is 63.7 Å². The Morgan fingerprint density at radius 3 is 2.57 bits per heavy atom. The highest BCUT2D eigenvalue weighted by atomic mass is 35.5. The van der Waals surface area contributed by atoms with Crippen molar-refractivity contribution >= 4 is 12.4 Å². The van der Waals surface area contributed by atoms with Gasteiger partial charge in [0, 0.05) is 18.9 Å². The van der Waals surface area contributed by atoms with Gasteiger partial charge in [0.05, 0.1) is 0 Å². The zero-order valence-corrected chi connectivity index (χ0v) is 15.5. The Balaban J connectivity index is 0.00000192. The van der Waals surface area contributed by atoms with Crippen LogP contribution in [-0.2, 0) is 6.42 Å². The fourth-order valence-corrected chi connectivity index (χ4v) is 4.47. The van der Waals surface area contributed by atoms with Gasteiger partial charge in [0.2, 0.25) is 0 Å². The van der Waals surface area contributed by atoms with E-state index in [-0.39, 0.29) is 18.0 Å². The van der Waals surface area contributed by atoms with Gasteiger partial charge in [0.1, 0.15) is 11.4 Å². The lowest BCUT2D eigenvalue weighted by atomic mass is 9.73. The van der Waals surface area contributed by atoms with Crippen molar-refractivity contribution in [1.29, 1.82) is 0 Å². The van der Waals surface area contributed by atoms with Gasteiger partial charge < -0.3 is 9.64 Å². The predicted octanol–water partition coefficient (Wildman–Crippen LogP) is 5.09. The molecule has 2 aliphatic rings. The van der Waals surface area contributed by atoms with Crippen molar-refractivity contribution in [2.45, 2.75) is 64.4 Å². The van der Waals surface area contributed by atoms with E-state index in [4.69, 9.17) is 4.74 Å². The van der Waals surface area contributed by atoms with E-state index in [0.29, 0.717) is 5.92 Å². The fraction of sp³-hybridized carbons (Fsp3) is 0.700. The Morgan fingerprint density at radius 2 is 1.87 bits per heavy atom. The van der Waals surface area contributed by atoms with Crippen LogP contribution in [0.25, 0.3) is 0 Å². The Hall–Kier alpha value is -0.730. The zero-order chi connectivity index (χ0) is 15.4. The van der Waals surface area contributed by atoms with Crippen LogP contribution in [0.5, 0.6) is 5.75 Å². The Labute approximate surface area is 148 Å². The summed E-state index contributed by atoms with van der Waals surface area (Å²) in [5.74, 6) is 1.83. The molecule has 2 nitrogen and oxygen atoms in total. The number of benzene rings is 1. The first-order valence-electron chi connectivity index (χ1n) is 9.26. The van der Waals surface area contributed by atoms with Crippen molar-refractivity contribution in [3.05, 3.63) is 29.8 Å². The number of fused-ring (bicyclic) bond motifs is 1. The summed E-state index contributed by atoms with van der Waals surface area (Å²) in [6.07, 6.45) is 8.89. The zero-order valence-electron chi connectivity index (χ0n) is 14.7. The molecular weight excluding hydrogens is 306 g/mol. The fourth-order valence-electron chi connectivity index (χ4n) is 4.47. The van der Waals surface area contributed by atoms with Crippen LogP contribution in [0.4, 0.5) is 0 Å². The Kier molecular flexibility index (Phi) is 6.79. The maximum Gasteiger partial charge on any atom is 0.123 e. The summed E-state index contributed by atoms with van der Waals surface area (Å²) in [6.45, 7) is 8.26. The van der Waals surface area contributed by atoms with Crippen molar-refractivity contribution in [3.8, 4) is 5.75 Å². The molecule has 3 rings (SSSR count). The number of ether oxygens (including phenoxy) is 1. The molecule has 130 valence electrons. The molecule has 3 heteroatoms. The minimum absolute atomic E-state index is 0. The molecule has 23 heavy (non-hydrogen) atoms. The van der Waals surface area contributed by atoms with Gasteiger partial charge in [-0.1, -0.05) is 38.5 Å². The molecule has 0 radical (unpaired) electrons. The molecule has 0 N–H and O–H groups in total. The molecule has 1 heterocycles. The molecule has 1 unspecified atom stereocenters. The summed E-state index contributed by atoms with van der Waals surface area (Å²) in [6, 6.07) is 8.67. The minimum atomic E-state index is 0. The molecule has 1 fully saturated rings. The van der Waals surface area contributed by atoms with Crippen LogP contribution in [0.15, 0.2) is 24.3 Å². The van der Waals surface area contributed by atoms with Gasteiger partial charge in [0.15, 0.2) is 0 Å². The normalized spacial score (nSPS) is 26.0. The first kappa shape index (κ1) is 18.6. The van der Waals surface area contributed by atoms with Gasteiger partial charge in [-0.3, -0.25) is 0 Å². The number of para-hydroxylation sites is 1. The van der Waals surface area contributed by atoms with E-state index in [9.17, 15) is 0 Å². The number of hydrogen-bond acceptors (Lipinski definition) is 2. The lowest BCUT2D eigenvalue weighted by molar-refractivity contribution is -0.0204. The molecule has 2 atom stereocenters. The number of hydrogen-bond donors (Lipinski definition) is 0. The third-order valence-electron chi connectivity index (χ3n) is 5.48. The second-order valence-electron chi connectivity index (χ2n) is 7.19. The average molecular weight is 338 g/mol. The quantitative estimate of drug-likeness (QED) is 0.716. The van der Waals surface area contributed by atoms with Crippen molar-refractivity contribution in [2.75, 3.05) is 19.6 Å². The van der Waals surface area contributed by atoms with Crippen LogP contribution in [0.2, 0.25) is 0 Å². The minimum Gasteiger partial charge on any atom is -0.486 e. The first-order chi connectivity index (χ1) is 10.8. The van der Waals surface area contributed by atoms with Crippen LogP contribution < -0.4 is 4.74 Å². The van der Waals surface area contributed by atoms with E-state index in [1.807, 2.05) is 0 Å². The summed E-state index contributed by atoms with van der Waals surface area (Å²) >= 11 is 0. The predicted molar refractivity (Wildman–Crippen MR) is 99.7 cm³/mol. The van der Waals surface area contributed by atoms with Crippen molar-refractivity contribution in [2.24, 2.45) is 5.92 Å². The molecule has 0 amide bonds. The molecule has 1 aliphatic carbocycles. The highest BCUT2D eigenvalue weighted by molar-refractivity contribution is 5.85. The second kappa shape index (κ2) is 8.39.